The SMILES string of the molecule is O[C@@H]1CO[C@@H](C(c2ccccc2)c2ccccc2)C[C@@H]1NCc1ccccc1. The molecule has 1 fully saturated rings. The van der Waals surface area contributed by atoms with Crippen LogP contribution in [0.5, 0.6) is 0 Å². The zero-order valence-electron chi connectivity index (χ0n) is 15.9. The van der Waals surface area contributed by atoms with Gasteiger partial charge in [-0.3, -0.25) is 0 Å². The Bertz CT molecular complexity index is 799. The molecule has 0 unspecified atom stereocenters. The molecule has 28 heavy (non-hydrogen) atoms. The summed E-state index contributed by atoms with van der Waals surface area (Å²) < 4.78 is 6.15. The maximum atomic E-state index is 10.5. The van der Waals surface area contributed by atoms with Crippen molar-refractivity contribution in [3.8, 4) is 0 Å². The van der Waals surface area contributed by atoms with Crippen molar-refractivity contribution >= 4 is 0 Å². The summed E-state index contributed by atoms with van der Waals surface area (Å²) in [5.41, 5.74) is 3.72. The first-order valence-corrected chi connectivity index (χ1v) is 9.98. The van der Waals surface area contributed by atoms with Crippen molar-refractivity contribution in [3.05, 3.63) is 108 Å². The molecule has 0 spiro atoms. The zero-order chi connectivity index (χ0) is 19.2. The molecule has 1 aliphatic heterocycles. The maximum absolute atomic E-state index is 10.5. The summed E-state index contributed by atoms with van der Waals surface area (Å²) in [5.74, 6) is 0.149. The van der Waals surface area contributed by atoms with Crippen LogP contribution in [0.15, 0.2) is 91.0 Å². The topological polar surface area (TPSA) is 41.5 Å². The number of aliphatic hydroxyl groups excluding tert-OH is 1. The fourth-order valence-electron chi connectivity index (χ4n) is 4.05. The van der Waals surface area contributed by atoms with E-state index >= 15 is 0 Å². The summed E-state index contributed by atoms with van der Waals surface area (Å²) in [6, 6.07) is 31.4. The van der Waals surface area contributed by atoms with E-state index in [1.807, 2.05) is 30.3 Å². The van der Waals surface area contributed by atoms with Crippen molar-refractivity contribution < 1.29 is 9.84 Å². The van der Waals surface area contributed by atoms with E-state index < -0.39 is 6.10 Å². The van der Waals surface area contributed by atoms with E-state index in [9.17, 15) is 5.11 Å². The van der Waals surface area contributed by atoms with Crippen molar-refractivity contribution in [1.29, 1.82) is 0 Å². The summed E-state index contributed by atoms with van der Waals surface area (Å²) in [6.07, 6.45) is 0.288. The van der Waals surface area contributed by atoms with E-state index in [2.05, 4.69) is 66.0 Å². The molecule has 2 N–H and O–H groups in total. The van der Waals surface area contributed by atoms with E-state index in [4.69, 9.17) is 4.74 Å². The molecule has 4 rings (SSSR count). The van der Waals surface area contributed by atoms with Crippen molar-refractivity contribution in [1.82, 2.24) is 5.32 Å². The number of hydrogen-bond acceptors (Lipinski definition) is 3. The van der Waals surface area contributed by atoms with Crippen LogP contribution in [0.1, 0.15) is 29.0 Å². The lowest BCUT2D eigenvalue weighted by atomic mass is 9.82. The van der Waals surface area contributed by atoms with Gasteiger partial charge in [0.25, 0.3) is 0 Å². The van der Waals surface area contributed by atoms with Gasteiger partial charge in [-0.1, -0.05) is 91.0 Å². The van der Waals surface area contributed by atoms with Crippen LogP contribution in [0.3, 0.4) is 0 Å². The van der Waals surface area contributed by atoms with Gasteiger partial charge in [-0.2, -0.15) is 0 Å². The van der Waals surface area contributed by atoms with Crippen LogP contribution in [-0.4, -0.2) is 30.0 Å². The van der Waals surface area contributed by atoms with Gasteiger partial charge < -0.3 is 15.2 Å². The Labute approximate surface area is 167 Å². The third-order valence-corrected chi connectivity index (χ3v) is 5.53. The summed E-state index contributed by atoms with van der Waals surface area (Å²) in [7, 11) is 0. The van der Waals surface area contributed by atoms with E-state index in [0.717, 1.165) is 13.0 Å². The molecule has 1 heterocycles. The zero-order valence-corrected chi connectivity index (χ0v) is 15.9. The molecule has 144 valence electrons. The molecule has 3 heteroatoms. The summed E-state index contributed by atoms with van der Waals surface area (Å²) in [5, 5.41) is 14.0. The molecule has 0 radical (unpaired) electrons. The molecule has 0 aromatic heterocycles. The van der Waals surface area contributed by atoms with E-state index in [1.54, 1.807) is 0 Å². The van der Waals surface area contributed by atoms with Crippen molar-refractivity contribution in [3.63, 3.8) is 0 Å². The molecule has 0 saturated carbocycles. The lowest BCUT2D eigenvalue weighted by molar-refractivity contribution is -0.0791. The molecule has 3 aromatic rings. The second kappa shape index (κ2) is 9.16. The Hall–Kier alpha value is -2.46. The monoisotopic (exact) mass is 373 g/mol. The fourth-order valence-corrected chi connectivity index (χ4v) is 4.05. The highest BCUT2D eigenvalue weighted by Crippen LogP contribution is 2.34. The van der Waals surface area contributed by atoms with E-state index in [0.29, 0.717) is 6.61 Å². The van der Waals surface area contributed by atoms with Gasteiger partial charge in [0, 0.05) is 18.5 Å². The minimum atomic E-state index is -0.493. The van der Waals surface area contributed by atoms with Crippen LogP contribution in [0.4, 0.5) is 0 Å². The Morgan fingerprint density at radius 2 is 1.36 bits per heavy atom. The molecule has 3 nitrogen and oxygen atoms in total. The predicted molar refractivity (Wildman–Crippen MR) is 112 cm³/mol. The van der Waals surface area contributed by atoms with Crippen molar-refractivity contribution in [2.24, 2.45) is 0 Å². The summed E-state index contributed by atoms with van der Waals surface area (Å²) >= 11 is 0. The number of rotatable bonds is 6. The quantitative estimate of drug-likeness (QED) is 0.683. The highest BCUT2D eigenvalue weighted by Gasteiger charge is 2.35. The summed E-state index contributed by atoms with van der Waals surface area (Å²) in [4.78, 5) is 0. The number of benzene rings is 3. The highest BCUT2D eigenvalue weighted by atomic mass is 16.5. The minimum Gasteiger partial charge on any atom is -0.389 e. The summed E-state index contributed by atoms with van der Waals surface area (Å²) in [6.45, 7) is 1.10. The molecule has 3 aromatic carbocycles. The molecule has 0 aliphatic carbocycles. The molecule has 0 amide bonds. The maximum Gasteiger partial charge on any atom is 0.0927 e. The van der Waals surface area contributed by atoms with Gasteiger partial charge in [-0.25, -0.2) is 0 Å². The number of hydrogen-bond donors (Lipinski definition) is 2. The van der Waals surface area contributed by atoms with Gasteiger partial charge >= 0.3 is 0 Å². The van der Waals surface area contributed by atoms with Gasteiger partial charge in [0.1, 0.15) is 0 Å². The molecule has 3 atom stereocenters. The Morgan fingerprint density at radius 1 is 0.821 bits per heavy atom. The standard InChI is InChI=1S/C25H27NO2/c27-23-18-28-24(16-22(23)26-17-19-10-4-1-5-11-19)25(20-12-6-2-7-13-20)21-14-8-3-9-15-21/h1-15,22-27H,16-18H2/t22-,23+,24+/m0/s1. The average molecular weight is 373 g/mol. The van der Waals surface area contributed by atoms with Gasteiger partial charge in [-0.05, 0) is 23.1 Å². The predicted octanol–water partition coefficient (Wildman–Crippen LogP) is 4.13. The van der Waals surface area contributed by atoms with Gasteiger partial charge in [0.2, 0.25) is 0 Å². The third kappa shape index (κ3) is 4.50. The number of nitrogens with one attached hydrogen (secondary N) is 1. The van der Waals surface area contributed by atoms with Crippen molar-refractivity contribution in [2.75, 3.05) is 6.61 Å². The Kier molecular flexibility index (Phi) is 6.17. The second-order valence-corrected chi connectivity index (χ2v) is 7.45. The second-order valence-electron chi connectivity index (χ2n) is 7.45. The van der Waals surface area contributed by atoms with Crippen LogP contribution in [-0.2, 0) is 11.3 Å². The smallest absolute Gasteiger partial charge is 0.0927 e. The Morgan fingerprint density at radius 3 is 1.93 bits per heavy atom. The van der Waals surface area contributed by atoms with Gasteiger partial charge in [0.05, 0.1) is 18.8 Å². The fraction of sp³-hybridized carbons (Fsp3) is 0.280. The molecular formula is C25H27NO2. The minimum absolute atomic E-state index is 0.00822. The first-order chi connectivity index (χ1) is 13.8. The van der Waals surface area contributed by atoms with Crippen molar-refractivity contribution in [2.45, 2.75) is 37.1 Å². The average Bonchev–Trinajstić information content (AvgIpc) is 2.76. The largest absolute Gasteiger partial charge is 0.389 e. The van der Waals surface area contributed by atoms with Gasteiger partial charge in [0.15, 0.2) is 0 Å². The van der Waals surface area contributed by atoms with Gasteiger partial charge in [-0.15, -0.1) is 0 Å². The molecule has 1 aliphatic rings. The lowest BCUT2D eigenvalue weighted by Crippen LogP contribution is -2.50. The van der Waals surface area contributed by atoms with Crippen LogP contribution in [0.2, 0.25) is 0 Å². The van der Waals surface area contributed by atoms with E-state index in [1.165, 1.54) is 16.7 Å². The molecule has 1 saturated heterocycles. The Balaban J connectivity index is 1.53. The normalized spacial score (nSPS) is 22.3. The van der Waals surface area contributed by atoms with E-state index in [-0.39, 0.29) is 18.1 Å². The van der Waals surface area contributed by atoms with Crippen LogP contribution in [0, 0.1) is 0 Å². The van der Waals surface area contributed by atoms with Crippen LogP contribution >= 0.6 is 0 Å². The number of aliphatic hydroxyl groups is 1. The van der Waals surface area contributed by atoms with Crippen LogP contribution in [0.25, 0.3) is 0 Å². The first-order valence-electron chi connectivity index (χ1n) is 9.98. The molecule has 0 bridgehead atoms. The highest BCUT2D eigenvalue weighted by molar-refractivity contribution is 5.34. The first kappa shape index (κ1) is 18.9. The third-order valence-electron chi connectivity index (χ3n) is 5.53. The number of ether oxygens (including phenoxy) is 1. The molecular weight excluding hydrogens is 346 g/mol. The van der Waals surface area contributed by atoms with Crippen LogP contribution < -0.4 is 5.32 Å². The lowest BCUT2D eigenvalue weighted by Gasteiger charge is -2.38.